The third kappa shape index (κ3) is 5.12. The molecule has 152 valence electrons. The molecule has 0 bridgehead atoms. The number of hydrogen-bond acceptors (Lipinski definition) is 6. The molecule has 0 spiro atoms. The van der Waals surface area contributed by atoms with Crippen LogP contribution in [0.1, 0.15) is 18.1 Å². The van der Waals surface area contributed by atoms with E-state index < -0.39 is 16.1 Å². The van der Waals surface area contributed by atoms with E-state index in [-0.39, 0.29) is 10.8 Å². The molecule has 1 atom stereocenters. The molecular weight excluding hydrogens is 410 g/mol. The summed E-state index contributed by atoms with van der Waals surface area (Å²) in [6, 6.07) is 11.6. The Morgan fingerprint density at radius 3 is 2.52 bits per heavy atom. The molecule has 2 N–H and O–H groups in total. The van der Waals surface area contributed by atoms with Gasteiger partial charge in [-0.3, -0.25) is 9.52 Å². The molecule has 0 aliphatic carbocycles. The lowest BCUT2D eigenvalue weighted by atomic mass is 10.1. The molecule has 7 nitrogen and oxygen atoms in total. The van der Waals surface area contributed by atoms with Crippen molar-refractivity contribution in [1.82, 2.24) is 4.98 Å². The summed E-state index contributed by atoms with van der Waals surface area (Å²) >= 11 is 1.19. The zero-order valence-electron chi connectivity index (χ0n) is 16.2. The fourth-order valence-corrected chi connectivity index (χ4v) is 4.29. The fraction of sp³-hybridized carbons (Fsp3) is 0.200. The first-order chi connectivity index (χ1) is 13.8. The van der Waals surface area contributed by atoms with E-state index in [1.807, 2.05) is 32.0 Å². The van der Waals surface area contributed by atoms with Crippen molar-refractivity contribution in [1.29, 1.82) is 0 Å². The Morgan fingerprint density at radius 1 is 1.14 bits per heavy atom. The molecule has 3 aromatic rings. The van der Waals surface area contributed by atoms with Crippen molar-refractivity contribution in [3.8, 4) is 5.75 Å². The van der Waals surface area contributed by atoms with Crippen LogP contribution in [-0.2, 0) is 14.8 Å². The lowest BCUT2D eigenvalue weighted by molar-refractivity contribution is -0.122. The number of thiazole rings is 1. The van der Waals surface area contributed by atoms with Crippen molar-refractivity contribution in [2.45, 2.75) is 31.8 Å². The van der Waals surface area contributed by atoms with Gasteiger partial charge in [-0.1, -0.05) is 12.1 Å². The van der Waals surface area contributed by atoms with E-state index in [0.29, 0.717) is 16.6 Å². The average molecular weight is 432 g/mol. The van der Waals surface area contributed by atoms with Crippen LogP contribution in [0.15, 0.2) is 58.9 Å². The van der Waals surface area contributed by atoms with Crippen molar-refractivity contribution in [2.75, 3.05) is 10.0 Å². The minimum atomic E-state index is -3.73. The van der Waals surface area contributed by atoms with E-state index in [4.69, 9.17) is 4.74 Å². The number of nitrogens with zero attached hydrogens (tertiary/aromatic N) is 1. The van der Waals surface area contributed by atoms with Gasteiger partial charge in [0, 0.05) is 17.3 Å². The molecule has 0 saturated heterocycles. The zero-order valence-corrected chi connectivity index (χ0v) is 17.8. The maximum atomic E-state index is 12.4. The lowest BCUT2D eigenvalue weighted by Crippen LogP contribution is -2.30. The molecule has 1 aromatic heterocycles. The van der Waals surface area contributed by atoms with Crippen LogP contribution in [0.4, 0.5) is 10.8 Å². The van der Waals surface area contributed by atoms with Crippen molar-refractivity contribution in [3.05, 3.63) is 65.2 Å². The number of anilines is 2. The Morgan fingerprint density at radius 2 is 1.86 bits per heavy atom. The SMILES string of the molecule is Cc1cccc(O[C@@H](C)C(=O)Nc2ccc(S(=O)(=O)Nc3nccs3)cc2)c1C. The van der Waals surface area contributed by atoms with E-state index in [9.17, 15) is 13.2 Å². The van der Waals surface area contributed by atoms with Crippen molar-refractivity contribution >= 4 is 38.1 Å². The van der Waals surface area contributed by atoms with Crippen LogP contribution in [0.5, 0.6) is 5.75 Å². The number of hydrogen-bond donors (Lipinski definition) is 2. The van der Waals surface area contributed by atoms with Crippen LogP contribution in [0, 0.1) is 13.8 Å². The Hall–Kier alpha value is -2.91. The molecule has 0 saturated carbocycles. The van der Waals surface area contributed by atoms with Gasteiger partial charge in [-0.2, -0.15) is 0 Å². The molecule has 0 unspecified atom stereocenters. The first kappa shape index (κ1) is 20.8. The molecule has 1 heterocycles. The Bertz CT molecular complexity index is 1100. The monoisotopic (exact) mass is 431 g/mol. The average Bonchev–Trinajstić information content (AvgIpc) is 3.18. The van der Waals surface area contributed by atoms with Gasteiger partial charge >= 0.3 is 0 Å². The van der Waals surface area contributed by atoms with E-state index in [2.05, 4.69) is 15.0 Å². The molecule has 0 aliphatic heterocycles. The van der Waals surface area contributed by atoms with E-state index in [0.717, 1.165) is 11.1 Å². The number of carbonyl (C=O) groups is 1. The summed E-state index contributed by atoms with van der Waals surface area (Å²) in [5.41, 5.74) is 2.53. The van der Waals surface area contributed by atoms with Gasteiger partial charge in [0.25, 0.3) is 15.9 Å². The Labute approximate surface area is 173 Å². The van der Waals surface area contributed by atoms with Gasteiger partial charge in [-0.25, -0.2) is 13.4 Å². The summed E-state index contributed by atoms with van der Waals surface area (Å²) in [4.78, 5) is 16.4. The number of amides is 1. The second-order valence-corrected chi connectivity index (χ2v) is 8.99. The highest BCUT2D eigenvalue weighted by molar-refractivity contribution is 7.93. The summed E-state index contributed by atoms with van der Waals surface area (Å²) in [6.07, 6.45) is 0.799. The second kappa shape index (κ2) is 8.62. The standard InChI is InChI=1S/C20H21N3O4S2/c1-13-5-4-6-18(14(13)2)27-15(3)19(24)22-16-7-9-17(10-8-16)29(25,26)23-20-21-11-12-28-20/h4-12,15H,1-3H3,(H,21,23)(H,22,24)/t15-/m0/s1. The maximum Gasteiger partial charge on any atom is 0.265 e. The smallest absolute Gasteiger partial charge is 0.265 e. The number of ether oxygens (including phenoxy) is 1. The van der Waals surface area contributed by atoms with E-state index >= 15 is 0 Å². The molecule has 3 rings (SSSR count). The minimum absolute atomic E-state index is 0.0744. The zero-order chi connectivity index (χ0) is 21.0. The van der Waals surface area contributed by atoms with Gasteiger partial charge in [-0.15, -0.1) is 11.3 Å². The maximum absolute atomic E-state index is 12.4. The molecule has 0 radical (unpaired) electrons. The number of carbonyl (C=O) groups excluding carboxylic acids is 1. The Balaban J connectivity index is 1.64. The quantitative estimate of drug-likeness (QED) is 0.590. The molecule has 9 heteroatoms. The van der Waals surface area contributed by atoms with E-state index in [1.165, 1.54) is 41.8 Å². The van der Waals surface area contributed by atoms with Gasteiger partial charge in [0.1, 0.15) is 5.75 Å². The fourth-order valence-electron chi connectivity index (χ4n) is 2.50. The van der Waals surface area contributed by atoms with Crippen LogP contribution in [0.2, 0.25) is 0 Å². The third-order valence-corrected chi connectivity index (χ3v) is 6.49. The molecule has 0 fully saturated rings. The van der Waals surface area contributed by atoms with Gasteiger partial charge < -0.3 is 10.1 Å². The number of benzene rings is 2. The molecule has 0 aliphatic rings. The number of sulfonamides is 1. The van der Waals surface area contributed by atoms with Crippen LogP contribution >= 0.6 is 11.3 Å². The van der Waals surface area contributed by atoms with Gasteiger partial charge in [0.15, 0.2) is 11.2 Å². The predicted molar refractivity (Wildman–Crippen MR) is 114 cm³/mol. The predicted octanol–water partition coefficient (Wildman–Crippen LogP) is 3.97. The van der Waals surface area contributed by atoms with Gasteiger partial charge in [0.05, 0.1) is 4.90 Å². The first-order valence-corrected chi connectivity index (χ1v) is 11.2. The second-order valence-electron chi connectivity index (χ2n) is 6.41. The van der Waals surface area contributed by atoms with Gasteiger partial charge in [-0.05, 0) is 62.2 Å². The van der Waals surface area contributed by atoms with Crippen LogP contribution in [-0.4, -0.2) is 25.4 Å². The summed E-state index contributed by atoms with van der Waals surface area (Å²) in [6.45, 7) is 5.58. The van der Waals surface area contributed by atoms with Crippen molar-refractivity contribution in [3.63, 3.8) is 0 Å². The molecular formula is C20H21N3O4S2. The van der Waals surface area contributed by atoms with Crippen molar-refractivity contribution < 1.29 is 17.9 Å². The highest BCUT2D eigenvalue weighted by Gasteiger charge is 2.18. The number of aryl methyl sites for hydroxylation is 1. The largest absolute Gasteiger partial charge is 0.481 e. The summed E-state index contributed by atoms with van der Waals surface area (Å²) in [5.74, 6) is 0.324. The highest BCUT2D eigenvalue weighted by Crippen LogP contribution is 2.23. The van der Waals surface area contributed by atoms with Crippen LogP contribution in [0.25, 0.3) is 0 Å². The van der Waals surface area contributed by atoms with Crippen molar-refractivity contribution in [2.24, 2.45) is 0 Å². The summed E-state index contributed by atoms with van der Waals surface area (Å²) in [5, 5.41) is 4.70. The summed E-state index contributed by atoms with van der Waals surface area (Å²) < 4.78 is 32.9. The first-order valence-electron chi connectivity index (χ1n) is 8.82. The lowest BCUT2D eigenvalue weighted by Gasteiger charge is -2.17. The third-order valence-electron chi connectivity index (χ3n) is 4.31. The molecule has 29 heavy (non-hydrogen) atoms. The number of nitrogens with one attached hydrogen (secondary N) is 2. The number of aromatic nitrogens is 1. The summed E-state index contributed by atoms with van der Waals surface area (Å²) in [7, 11) is -3.73. The number of rotatable bonds is 7. The highest BCUT2D eigenvalue weighted by atomic mass is 32.2. The minimum Gasteiger partial charge on any atom is -0.481 e. The van der Waals surface area contributed by atoms with E-state index in [1.54, 1.807) is 12.3 Å². The molecule has 2 aromatic carbocycles. The topological polar surface area (TPSA) is 97.4 Å². The Kier molecular flexibility index (Phi) is 6.19. The van der Waals surface area contributed by atoms with Crippen LogP contribution < -0.4 is 14.8 Å². The normalized spacial score (nSPS) is 12.2. The molecule has 1 amide bonds. The van der Waals surface area contributed by atoms with Crippen LogP contribution in [0.3, 0.4) is 0 Å². The van der Waals surface area contributed by atoms with Gasteiger partial charge in [0.2, 0.25) is 0 Å².